The molecule has 1 amide bonds. The van der Waals surface area contributed by atoms with Crippen molar-refractivity contribution in [3.63, 3.8) is 0 Å². The first-order valence-corrected chi connectivity index (χ1v) is 5.33. The van der Waals surface area contributed by atoms with Crippen LogP contribution < -0.4 is 16.8 Å². The third-order valence-corrected chi connectivity index (χ3v) is 2.33. The number of nitrogen functional groups attached to an aromatic ring is 1. The number of rotatable bonds is 5. The number of nitrogens with one attached hydrogen (secondary N) is 1. The summed E-state index contributed by atoms with van der Waals surface area (Å²) < 4.78 is 0. The molecule has 1 rings (SSSR count). The Morgan fingerprint density at radius 1 is 1.59 bits per heavy atom. The van der Waals surface area contributed by atoms with Gasteiger partial charge in [0.2, 0.25) is 5.91 Å². The molecule has 5 heteroatoms. The summed E-state index contributed by atoms with van der Waals surface area (Å²) in [6.07, 6.45) is 0.531. The Bertz CT molecular complexity index is 450. The monoisotopic (exact) mass is 232 g/mol. The van der Waals surface area contributed by atoms with Gasteiger partial charge in [-0.25, -0.2) is 0 Å². The van der Waals surface area contributed by atoms with Crippen LogP contribution in [0, 0.1) is 11.3 Å². The molecule has 0 bridgehead atoms. The van der Waals surface area contributed by atoms with Gasteiger partial charge in [-0.05, 0) is 30.7 Å². The average molecular weight is 232 g/mol. The quantitative estimate of drug-likeness (QED) is 0.659. The lowest BCUT2D eigenvalue weighted by molar-refractivity contribution is -0.118. The Kier molecular flexibility index (Phi) is 4.35. The second-order valence-electron chi connectivity index (χ2n) is 3.96. The minimum absolute atomic E-state index is 0.0499. The minimum Gasteiger partial charge on any atom is -0.398 e. The number of hydrogen-bond acceptors (Lipinski definition) is 4. The van der Waals surface area contributed by atoms with Crippen LogP contribution in [-0.2, 0) is 11.2 Å². The molecular formula is C12H16N4O. The highest BCUT2D eigenvalue weighted by Gasteiger charge is 2.07. The first kappa shape index (κ1) is 12.8. The van der Waals surface area contributed by atoms with Crippen molar-refractivity contribution in [1.82, 2.24) is 0 Å². The number of nitrogens with zero attached hydrogens (tertiary/aromatic N) is 1. The van der Waals surface area contributed by atoms with E-state index in [1.165, 1.54) is 0 Å². The smallest absolute Gasteiger partial charge is 0.219 e. The molecule has 1 atom stereocenters. The fraction of sp³-hybridized carbons (Fsp3) is 0.333. The zero-order valence-corrected chi connectivity index (χ0v) is 9.73. The maximum atomic E-state index is 10.7. The Morgan fingerprint density at radius 2 is 2.29 bits per heavy atom. The van der Waals surface area contributed by atoms with Crippen molar-refractivity contribution in [1.29, 1.82) is 5.26 Å². The van der Waals surface area contributed by atoms with Crippen molar-refractivity contribution >= 4 is 17.3 Å². The van der Waals surface area contributed by atoms with E-state index in [9.17, 15) is 4.79 Å². The number of amides is 1. The highest BCUT2D eigenvalue weighted by atomic mass is 16.1. The maximum absolute atomic E-state index is 10.7. The van der Waals surface area contributed by atoms with Crippen LogP contribution in [0.15, 0.2) is 18.2 Å². The summed E-state index contributed by atoms with van der Waals surface area (Å²) in [5.74, 6) is -0.349. The van der Waals surface area contributed by atoms with Crippen molar-refractivity contribution in [3.8, 4) is 6.07 Å². The van der Waals surface area contributed by atoms with Gasteiger partial charge in [0.25, 0.3) is 0 Å². The number of anilines is 2. The lowest BCUT2D eigenvalue weighted by Crippen LogP contribution is -2.24. The van der Waals surface area contributed by atoms with Gasteiger partial charge in [-0.2, -0.15) is 5.26 Å². The molecule has 0 fully saturated rings. The standard InChI is InChI=1S/C12H16N4O/c1-8(6-12(15)17)16-10-2-3-11(14)9(7-10)4-5-13/h2-3,7-8,16H,4,6,14H2,1H3,(H2,15,17). The van der Waals surface area contributed by atoms with Crippen LogP contribution in [0.25, 0.3) is 0 Å². The fourth-order valence-electron chi connectivity index (χ4n) is 1.57. The predicted octanol–water partition coefficient (Wildman–Crippen LogP) is 1.01. The maximum Gasteiger partial charge on any atom is 0.219 e. The molecule has 17 heavy (non-hydrogen) atoms. The van der Waals surface area contributed by atoms with Gasteiger partial charge in [0, 0.05) is 23.8 Å². The SMILES string of the molecule is CC(CC(N)=O)Nc1ccc(N)c(CC#N)c1. The fourth-order valence-corrected chi connectivity index (χ4v) is 1.57. The zero-order valence-electron chi connectivity index (χ0n) is 9.73. The Labute approximate surface area is 100 Å². The van der Waals surface area contributed by atoms with E-state index in [0.29, 0.717) is 5.69 Å². The molecular weight excluding hydrogens is 216 g/mol. The number of benzene rings is 1. The van der Waals surface area contributed by atoms with Crippen LogP contribution in [0.2, 0.25) is 0 Å². The first-order chi connectivity index (χ1) is 8.02. The summed E-state index contributed by atoms with van der Waals surface area (Å²) in [7, 11) is 0. The second-order valence-corrected chi connectivity index (χ2v) is 3.96. The molecule has 0 aromatic heterocycles. The largest absolute Gasteiger partial charge is 0.398 e. The van der Waals surface area contributed by atoms with E-state index in [4.69, 9.17) is 16.7 Å². The van der Waals surface area contributed by atoms with Crippen molar-refractivity contribution in [2.75, 3.05) is 11.1 Å². The van der Waals surface area contributed by atoms with Crippen LogP contribution >= 0.6 is 0 Å². The predicted molar refractivity (Wildman–Crippen MR) is 67.1 cm³/mol. The second kappa shape index (κ2) is 5.75. The van der Waals surface area contributed by atoms with Gasteiger partial charge in [0.05, 0.1) is 12.5 Å². The highest BCUT2D eigenvalue weighted by Crippen LogP contribution is 2.19. The molecule has 0 aliphatic heterocycles. The Hall–Kier alpha value is -2.22. The molecule has 0 spiro atoms. The van der Waals surface area contributed by atoms with E-state index >= 15 is 0 Å². The minimum atomic E-state index is -0.349. The van der Waals surface area contributed by atoms with Crippen LogP contribution in [0.3, 0.4) is 0 Å². The van der Waals surface area contributed by atoms with Crippen molar-refractivity contribution in [3.05, 3.63) is 23.8 Å². The van der Waals surface area contributed by atoms with E-state index in [1.54, 1.807) is 6.07 Å². The zero-order chi connectivity index (χ0) is 12.8. The van der Waals surface area contributed by atoms with Crippen LogP contribution in [0.1, 0.15) is 18.9 Å². The van der Waals surface area contributed by atoms with Crippen LogP contribution in [0.5, 0.6) is 0 Å². The van der Waals surface area contributed by atoms with Gasteiger partial charge in [-0.1, -0.05) is 0 Å². The van der Waals surface area contributed by atoms with Gasteiger partial charge in [0.1, 0.15) is 0 Å². The third kappa shape index (κ3) is 4.03. The molecule has 0 heterocycles. The molecule has 0 saturated heterocycles. The number of nitriles is 1. The number of carbonyl (C=O) groups excluding carboxylic acids is 1. The number of primary amides is 1. The number of hydrogen-bond donors (Lipinski definition) is 3. The molecule has 0 aliphatic rings. The third-order valence-electron chi connectivity index (χ3n) is 2.33. The molecule has 1 unspecified atom stereocenters. The number of nitrogens with two attached hydrogens (primary N) is 2. The summed E-state index contributed by atoms with van der Waals surface area (Å²) in [6.45, 7) is 1.87. The van der Waals surface area contributed by atoms with Gasteiger partial charge >= 0.3 is 0 Å². The first-order valence-electron chi connectivity index (χ1n) is 5.33. The summed E-state index contributed by atoms with van der Waals surface area (Å²) in [5, 5.41) is 11.8. The van der Waals surface area contributed by atoms with E-state index in [2.05, 4.69) is 11.4 Å². The molecule has 0 saturated carbocycles. The molecule has 90 valence electrons. The molecule has 1 aromatic carbocycles. The lowest BCUT2D eigenvalue weighted by atomic mass is 10.1. The van der Waals surface area contributed by atoms with Crippen LogP contribution in [0.4, 0.5) is 11.4 Å². The average Bonchev–Trinajstić information content (AvgIpc) is 2.22. The van der Waals surface area contributed by atoms with Gasteiger partial charge in [0.15, 0.2) is 0 Å². The topological polar surface area (TPSA) is 105 Å². The van der Waals surface area contributed by atoms with Gasteiger partial charge < -0.3 is 16.8 Å². The Balaban J connectivity index is 2.75. The Morgan fingerprint density at radius 3 is 2.88 bits per heavy atom. The highest BCUT2D eigenvalue weighted by molar-refractivity contribution is 5.75. The van der Waals surface area contributed by atoms with E-state index < -0.39 is 0 Å². The van der Waals surface area contributed by atoms with E-state index in [1.807, 2.05) is 19.1 Å². The molecule has 5 N–H and O–H groups in total. The molecule has 5 nitrogen and oxygen atoms in total. The molecule has 0 radical (unpaired) electrons. The summed E-state index contributed by atoms with van der Waals surface area (Å²) in [5.41, 5.74) is 13.1. The lowest BCUT2D eigenvalue weighted by Gasteiger charge is -2.14. The van der Waals surface area contributed by atoms with Crippen molar-refractivity contribution < 1.29 is 4.79 Å². The van der Waals surface area contributed by atoms with Gasteiger partial charge in [-0.15, -0.1) is 0 Å². The normalized spacial score (nSPS) is 11.5. The van der Waals surface area contributed by atoms with Crippen LogP contribution in [-0.4, -0.2) is 11.9 Å². The van der Waals surface area contributed by atoms with E-state index in [0.717, 1.165) is 11.3 Å². The van der Waals surface area contributed by atoms with E-state index in [-0.39, 0.29) is 24.8 Å². The van der Waals surface area contributed by atoms with Crippen molar-refractivity contribution in [2.24, 2.45) is 5.73 Å². The number of carbonyl (C=O) groups is 1. The van der Waals surface area contributed by atoms with Gasteiger partial charge in [-0.3, -0.25) is 4.79 Å². The summed E-state index contributed by atoms with van der Waals surface area (Å²) in [6, 6.07) is 7.38. The summed E-state index contributed by atoms with van der Waals surface area (Å²) in [4.78, 5) is 10.7. The molecule has 1 aromatic rings. The van der Waals surface area contributed by atoms with Crippen molar-refractivity contribution in [2.45, 2.75) is 25.8 Å². The molecule has 0 aliphatic carbocycles. The summed E-state index contributed by atoms with van der Waals surface area (Å²) >= 11 is 0.